The van der Waals surface area contributed by atoms with Crippen molar-refractivity contribution >= 4 is 17.4 Å². The van der Waals surface area contributed by atoms with Crippen LogP contribution in [0, 0.1) is 6.92 Å². The Morgan fingerprint density at radius 3 is 3.07 bits per heavy atom. The molecule has 0 aromatic carbocycles. The molecule has 1 heterocycles. The van der Waals surface area contributed by atoms with E-state index in [0.717, 1.165) is 31.0 Å². The molecule has 14 heavy (non-hydrogen) atoms. The van der Waals surface area contributed by atoms with E-state index in [9.17, 15) is 0 Å². The third-order valence-corrected chi connectivity index (χ3v) is 1.94. The second-order valence-electron chi connectivity index (χ2n) is 2.94. The zero-order valence-electron chi connectivity index (χ0n) is 8.38. The van der Waals surface area contributed by atoms with Gasteiger partial charge in [-0.1, -0.05) is 0 Å². The second-order valence-corrected chi connectivity index (χ2v) is 3.28. The summed E-state index contributed by atoms with van der Waals surface area (Å²) in [6.07, 6.45) is 2.64. The van der Waals surface area contributed by atoms with Crippen molar-refractivity contribution < 1.29 is 4.74 Å². The predicted molar refractivity (Wildman–Crippen MR) is 56.8 cm³/mol. The molecule has 0 saturated heterocycles. The molecular formula is C9H14ClN3O. The van der Waals surface area contributed by atoms with E-state index in [0.29, 0.717) is 0 Å². The fourth-order valence-electron chi connectivity index (χ4n) is 1.02. The molecular weight excluding hydrogens is 202 g/mol. The lowest BCUT2D eigenvalue weighted by molar-refractivity contribution is 0.197. The molecule has 0 bridgehead atoms. The van der Waals surface area contributed by atoms with Crippen molar-refractivity contribution in [2.75, 3.05) is 25.6 Å². The molecule has 78 valence electrons. The molecule has 1 aromatic heterocycles. The maximum absolute atomic E-state index is 5.67. The number of halogens is 1. The summed E-state index contributed by atoms with van der Waals surface area (Å²) >= 11 is 5.67. The van der Waals surface area contributed by atoms with Crippen LogP contribution in [0.1, 0.15) is 12.0 Å². The number of aryl methyl sites for hydroxylation is 1. The van der Waals surface area contributed by atoms with Crippen molar-refractivity contribution in [3.63, 3.8) is 0 Å². The van der Waals surface area contributed by atoms with Gasteiger partial charge in [-0.25, -0.2) is 9.97 Å². The summed E-state index contributed by atoms with van der Waals surface area (Å²) < 4.78 is 4.93. The zero-order chi connectivity index (χ0) is 10.4. The van der Waals surface area contributed by atoms with Gasteiger partial charge in [0.15, 0.2) is 0 Å². The summed E-state index contributed by atoms with van der Waals surface area (Å²) in [5.41, 5.74) is 0.992. The Bertz CT molecular complexity index is 293. The fraction of sp³-hybridized carbons (Fsp3) is 0.556. The summed E-state index contributed by atoms with van der Waals surface area (Å²) in [5, 5.41) is 3.44. The van der Waals surface area contributed by atoms with Crippen LogP contribution < -0.4 is 5.32 Å². The van der Waals surface area contributed by atoms with Crippen LogP contribution in [0.5, 0.6) is 0 Å². The molecule has 4 nitrogen and oxygen atoms in total. The van der Waals surface area contributed by atoms with E-state index in [1.54, 1.807) is 13.3 Å². The standard InChI is InChI=1S/C9H14ClN3O/c1-7-6-12-9(10)13-8(7)11-4-3-5-14-2/h6H,3-5H2,1-2H3,(H,11,12,13). The van der Waals surface area contributed by atoms with Crippen molar-refractivity contribution in [2.24, 2.45) is 0 Å². The van der Waals surface area contributed by atoms with E-state index in [-0.39, 0.29) is 5.28 Å². The topological polar surface area (TPSA) is 47.0 Å². The number of hydrogen-bond donors (Lipinski definition) is 1. The Hall–Kier alpha value is -0.870. The van der Waals surface area contributed by atoms with Gasteiger partial charge in [-0.2, -0.15) is 0 Å². The van der Waals surface area contributed by atoms with Crippen molar-refractivity contribution in [1.29, 1.82) is 0 Å². The van der Waals surface area contributed by atoms with E-state index in [4.69, 9.17) is 16.3 Å². The van der Waals surface area contributed by atoms with Crippen molar-refractivity contribution in [3.8, 4) is 0 Å². The first-order valence-corrected chi connectivity index (χ1v) is 4.84. The Kier molecular flexibility index (Phi) is 4.62. The number of methoxy groups -OCH3 is 1. The fourth-order valence-corrected chi connectivity index (χ4v) is 1.16. The third kappa shape index (κ3) is 3.47. The quantitative estimate of drug-likeness (QED) is 0.602. The average Bonchev–Trinajstić information content (AvgIpc) is 2.18. The van der Waals surface area contributed by atoms with E-state index < -0.39 is 0 Å². The van der Waals surface area contributed by atoms with Crippen LogP contribution >= 0.6 is 11.6 Å². The molecule has 0 amide bonds. The van der Waals surface area contributed by atoms with E-state index >= 15 is 0 Å². The van der Waals surface area contributed by atoms with E-state index in [1.807, 2.05) is 6.92 Å². The first kappa shape index (κ1) is 11.2. The van der Waals surface area contributed by atoms with Crippen molar-refractivity contribution in [1.82, 2.24) is 9.97 Å². The summed E-state index contributed by atoms with van der Waals surface area (Å²) in [5.74, 6) is 0.793. The lowest BCUT2D eigenvalue weighted by Gasteiger charge is -2.07. The van der Waals surface area contributed by atoms with Gasteiger partial charge >= 0.3 is 0 Å². The first-order valence-electron chi connectivity index (χ1n) is 4.46. The highest BCUT2D eigenvalue weighted by molar-refractivity contribution is 6.28. The molecule has 0 saturated carbocycles. The van der Waals surface area contributed by atoms with Gasteiger partial charge in [0, 0.05) is 32.0 Å². The summed E-state index contributed by atoms with van der Waals surface area (Å²) in [7, 11) is 1.69. The Balaban J connectivity index is 2.45. The number of ether oxygens (including phenoxy) is 1. The van der Waals surface area contributed by atoms with Gasteiger partial charge in [0.1, 0.15) is 5.82 Å². The van der Waals surface area contributed by atoms with E-state index in [1.165, 1.54) is 0 Å². The third-order valence-electron chi connectivity index (χ3n) is 1.76. The number of anilines is 1. The predicted octanol–water partition coefficient (Wildman–Crippen LogP) is 1.89. The Morgan fingerprint density at radius 1 is 1.57 bits per heavy atom. The van der Waals surface area contributed by atoms with E-state index in [2.05, 4.69) is 15.3 Å². The molecule has 0 fully saturated rings. The maximum atomic E-state index is 5.67. The van der Waals surface area contributed by atoms with Crippen LogP contribution in [0.3, 0.4) is 0 Å². The number of hydrogen-bond acceptors (Lipinski definition) is 4. The number of nitrogens with one attached hydrogen (secondary N) is 1. The van der Waals surface area contributed by atoms with Gasteiger partial charge < -0.3 is 10.1 Å². The van der Waals surface area contributed by atoms with Crippen LogP contribution in [0.4, 0.5) is 5.82 Å². The van der Waals surface area contributed by atoms with Crippen LogP contribution in [-0.2, 0) is 4.74 Å². The van der Waals surface area contributed by atoms with Crippen LogP contribution in [0.2, 0.25) is 5.28 Å². The van der Waals surface area contributed by atoms with Crippen molar-refractivity contribution in [2.45, 2.75) is 13.3 Å². The SMILES string of the molecule is COCCCNc1nc(Cl)ncc1C. The maximum Gasteiger partial charge on any atom is 0.224 e. The van der Waals surface area contributed by atoms with Gasteiger partial charge in [-0.15, -0.1) is 0 Å². The van der Waals surface area contributed by atoms with Crippen LogP contribution in [0.25, 0.3) is 0 Å². The monoisotopic (exact) mass is 215 g/mol. The summed E-state index contributed by atoms with van der Waals surface area (Å²) in [6.45, 7) is 3.50. The Labute approximate surface area is 88.7 Å². The van der Waals surface area contributed by atoms with Gasteiger partial charge in [0.2, 0.25) is 5.28 Å². The lowest BCUT2D eigenvalue weighted by atomic mass is 10.3. The summed E-state index contributed by atoms with van der Waals surface area (Å²) in [4.78, 5) is 7.95. The molecule has 0 aliphatic heterocycles. The molecule has 0 unspecified atom stereocenters. The second kappa shape index (κ2) is 5.78. The molecule has 0 atom stereocenters. The molecule has 0 radical (unpaired) electrons. The highest BCUT2D eigenvalue weighted by Crippen LogP contribution is 2.12. The molecule has 0 spiro atoms. The molecule has 1 N–H and O–H groups in total. The minimum atomic E-state index is 0.268. The molecule has 0 aliphatic rings. The normalized spacial score (nSPS) is 10.2. The smallest absolute Gasteiger partial charge is 0.224 e. The minimum Gasteiger partial charge on any atom is -0.385 e. The number of rotatable bonds is 5. The van der Waals surface area contributed by atoms with Crippen molar-refractivity contribution in [3.05, 3.63) is 17.0 Å². The number of nitrogens with zero attached hydrogens (tertiary/aromatic N) is 2. The minimum absolute atomic E-state index is 0.268. The molecule has 5 heteroatoms. The van der Waals surface area contributed by atoms with Crippen LogP contribution in [-0.4, -0.2) is 30.2 Å². The highest BCUT2D eigenvalue weighted by atomic mass is 35.5. The molecule has 1 aromatic rings. The summed E-state index contributed by atoms with van der Waals surface area (Å²) in [6, 6.07) is 0. The lowest BCUT2D eigenvalue weighted by Crippen LogP contribution is -2.07. The van der Waals surface area contributed by atoms with Gasteiger partial charge in [-0.3, -0.25) is 0 Å². The highest BCUT2D eigenvalue weighted by Gasteiger charge is 2.00. The first-order chi connectivity index (χ1) is 6.74. The zero-order valence-corrected chi connectivity index (χ0v) is 9.14. The van der Waals surface area contributed by atoms with Gasteiger partial charge in [0.05, 0.1) is 0 Å². The Morgan fingerprint density at radius 2 is 2.36 bits per heavy atom. The average molecular weight is 216 g/mol. The molecule has 1 rings (SSSR count). The number of aromatic nitrogens is 2. The van der Waals surface area contributed by atoms with Gasteiger partial charge in [-0.05, 0) is 24.9 Å². The van der Waals surface area contributed by atoms with Gasteiger partial charge in [0.25, 0.3) is 0 Å². The largest absolute Gasteiger partial charge is 0.385 e. The molecule has 0 aliphatic carbocycles. The van der Waals surface area contributed by atoms with Crippen LogP contribution in [0.15, 0.2) is 6.20 Å².